The fourth-order valence-electron chi connectivity index (χ4n) is 3.91. The van der Waals surface area contributed by atoms with Gasteiger partial charge in [0.2, 0.25) is 0 Å². The average molecular weight is 432 g/mol. The van der Waals surface area contributed by atoms with Gasteiger partial charge < -0.3 is 4.74 Å². The van der Waals surface area contributed by atoms with Gasteiger partial charge in [0.25, 0.3) is 5.56 Å². The van der Waals surface area contributed by atoms with E-state index in [-0.39, 0.29) is 11.5 Å². The van der Waals surface area contributed by atoms with Crippen molar-refractivity contribution in [2.45, 2.75) is 18.3 Å². The van der Waals surface area contributed by atoms with Gasteiger partial charge in [0.1, 0.15) is 11.6 Å². The quantitative estimate of drug-likeness (QED) is 0.450. The summed E-state index contributed by atoms with van der Waals surface area (Å²) in [5.74, 6) is 0.680. The number of nitrogens with zero attached hydrogens (tertiary/aromatic N) is 3. The van der Waals surface area contributed by atoms with Gasteiger partial charge in [-0.25, -0.2) is 14.5 Å². The van der Waals surface area contributed by atoms with Crippen molar-refractivity contribution in [3.05, 3.63) is 87.8 Å². The number of para-hydroxylation sites is 1. The Labute approximate surface area is 183 Å². The summed E-state index contributed by atoms with van der Waals surface area (Å²) in [5, 5.41) is 0.983. The van der Waals surface area contributed by atoms with Crippen LogP contribution in [0, 0.1) is 0 Å². The predicted octanol–water partition coefficient (Wildman–Crippen LogP) is 4.31. The molecule has 5 rings (SSSR count). The predicted molar refractivity (Wildman–Crippen MR) is 119 cm³/mol. The molecule has 154 valence electrons. The molecule has 1 aliphatic carbocycles. The highest BCUT2D eigenvalue weighted by Gasteiger charge is 2.52. The maximum absolute atomic E-state index is 13.4. The molecule has 1 aliphatic rings. The summed E-state index contributed by atoms with van der Waals surface area (Å²) in [6, 6.07) is 18.1. The fraction of sp³-hybridized carbons (Fsp3) is 0.167. The molecule has 6 nitrogen and oxygen atoms in total. The maximum Gasteiger partial charge on any atom is 0.316 e. The van der Waals surface area contributed by atoms with Crippen molar-refractivity contribution < 1.29 is 9.53 Å². The summed E-state index contributed by atoms with van der Waals surface area (Å²) in [6.07, 6.45) is 3.04. The van der Waals surface area contributed by atoms with E-state index in [9.17, 15) is 9.59 Å². The van der Waals surface area contributed by atoms with Gasteiger partial charge in [-0.3, -0.25) is 9.59 Å². The second-order valence-corrected chi connectivity index (χ2v) is 8.02. The molecule has 7 heteroatoms. The average Bonchev–Trinajstić information content (AvgIpc) is 3.62. The van der Waals surface area contributed by atoms with Gasteiger partial charge in [0, 0.05) is 11.8 Å². The van der Waals surface area contributed by atoms with E-state index in [4.69, 9.17) is 21.3 Å². The van der Waals surface area contributed by atoms with Crippen molar-refractivity contribution in [2.24, 2.45) is 0 Å². The SMILES string of the molecule is COC(=O)C1(c2ccc(-c3nc4ccccc4c(=O)n3-c3ccc(Cl)cn3)cc2)CC1. The monoisotopic (exact) mass is 431 g/mol. The molecular formula is C24H18ClN3O3. The number of ether oxygens (including phenoxy) is 1. The van der Waals surface area contributed by atoms with Crippen LogP contribution in [0.5, 0.6) is 0 Å². The molecular weight excluding hydrogens is 414 g/mol. The summed E-state index contributed by atoms with van der Waals surface area (Å²) in [7, 11) is 1.41. The van der Waals surface area contributed by atoms with Crippen LogP contribution >= 0.6 is 11.6 Å². The number of fused-ring (bicyclic) bond motifs is 1. The van der Waals surface area contributed by atoms with Crippen LogP contribution < -0.4 is 5.56 Å². The first-order valence-electron chi connectivity index (χ1n) is 9.86. The third-order valence-electron chi connectivity index (χ3n) is 5.74. The highest BCUT2D eigenvalue weighted by atomic mass is 35.5. The van der Waals surface area contributed by atoms with Gasteiger partial charge in [0.05, 0.1) is 28.5 Å². The van der Waals surface area contributed by atoms with Crippen LogP contribution in [0.3, 0.4) is 0 Å². The van der Waals surface area contributed by atoms with E-state index in [2.05, 4.69) is 4.98 Å². The maximum atomic E-state index is 13.4. The van der Waals surface area contributed by atoms with E-state index in [1.54, 1.807) is 24.3 Å². The molecule has 1 saturated carbocycles. The van der Waals surface area contributed by atoms with Crippen molar-refractivity contribution in [1.82, 2.24) is 14.5 Å². The van der Waals surface area contributed by atoms with Crippen molar-refractivity contribution in [2.75, 3.05) is 7.11 Å². The number of benzene rings is 2. The van der Waals surface area contributed by atoms with Gasteiger partial charge in [-0.15, -0.1) is 0 Å². The van der Waals surface area contributed by atoms with Gasteiger partial charge in [-0.05, 0) is 42.7 Å². The van der Waals surface area contributed by atoms with Crippen LogP contribution in [0.4, 0.5) is 0 Å². The first kappa shape index (κ1) is 19.5. The zero-order valence-corrected chi connectivity index (χ0v) is 17.5. The third-order valence-corrected chi connectivity index (χ3v) is 5.96. The van der Waals surface area contributed by atoms with Gasteiger partial charge in [-0.1, -0.05) is 48.0 Å². The van der Waals surface area contributed by atoms with Crippen LogP contribution in [0.15, 0.2) is 71.7 Å². The number of rotatable bonds is 4. The number of esters is 1. The van der Waals surface area contributed by atoms with E-state index in [1.807, 2.05) is 36.4 Å². The fourth-order valence-corrected chi connectivity index (χ4v) is 4.02. The van der Waals surface area contributed by atoms with Crippen molar-refractivity contribution >= 4 is 28.5 Å². The molecule has 4 aromatic rings. The normalized spacial score (nSPS) is 14.4. The first-order valence-corrected chi connectivity index (χ1v) is 10.2. The van der Waals surface area contributed by atoms with Gasteiger partial charge in [0.15, 0.2) is 0 Å². The summed E-state index contributed by atoms with van der Waals surface area (Å²) < 4.78 is 6.47. The van der Waals surface area contributed by atoms with E-state index in [0.29, 0.717) is 27.6 Å². The van der Waals surface area contributed by atoms with Crippen molar-refractivity contribution in [3.63, 3.8) is 0 Å². The van der Waals surface area contributed by atoms with Gasteiger partial charge >= 0.3 is 5.97 Å². The third kappa shape index (κ3) is 3.20. The molecule has 0 spiro atoms. The lowest BCUT2D eigenvalue weighted by Crippen LogP contribution is -2.23. The van der Waals surface area contributed by atoms with E-state index in [0.717, 1.165) is 24.0 Å². The number of hydrogen-bond acceptors (Lipinski definition) is 5. The lowest BCUT2D eigenvalue weighted by molar-refractivity contribution is -0.143. The summed E-state index contributed by atoms with van der Waals surface area (Å²) in [6.45, 7) is 0. The van der Waals surface area contributed by atoms with E-state index < -0.39 is 5.41 Å². The molecule has 0 aliphatic heterocycles. The Hall–Kier alpha value is -3.51. The second-order valence-electron chi connectivity index (χ2n) is 7.58. The Morgan fingerprint density at radius 3 is 2.45 bits per heavy atom. The molecule has 31 heavy (non-hydrogen) atoms. The van der Waals surface area contributed by atoms with Crippen LogP contribution in [-0.4, -0.2) is 27.6 Å². The number of carbonyl (C=O) groups is 1. The Morgan fingerprint density at radius 1 is 1.06 bits per heavy atom. The minimum Gasteiger partial charge on any atom is -0.468 e. The molecule has 2 heterocycles. The lowest BCUT2D eigenvalue weighted by atomic mass is 9.95. The zero-order chi connectivity index (χ0) is 21.6. The molecule has 0 amide bonds. The van der Waals surface area contributed by atoms with E-state index in [1.165, 1.54) is 17.9 Å². The molecule has 0 radical (unpaired) electrons. The van der Waals surface area contributed by atoms with Crippen molar-refractivity contribution in [3.8, 4) is 17.2 Å². The largest absolute Gasteiger partial charge is 0.468 e. The highest BCUT2D eigenvalue weighted by molar-refractivity contribution is 6.30. The number of pyridine rings is 1. The van der Waals surface area contributed by atoms with E-state index >= 15 is 0 Å². The number of hydrogen-bond donors (Lipinski definition) is 0. The number of carbonyl (C=O) groups excluding carboxylic acids is 1. The standard InChI is InChI=1S/C24H18ClN3O3/c1-31-23(30)24(12-13-24)16-8-6-15(7-9-16)21-27-19-5-3-2-4-18(19)22(29)28(21)20-11-10-17(25)14-26-20/h2-11,14H,12-13H2,1H3. The van der Waals surface area contributed by atoms with Crippen LogP contribution in [0.1, 0.15) is 18.4 Å². The van der Waals surface area contributed by atoms with Crippen LogP contribution in [0.2, 0.25) is 5.02 Å². The van der Waals surface area contributed by atoms with Gasteiger partial charge in [-0.2, -0.15) is 0 Å². The lowest BCUT2D eigenvalue weighted by Gasteiger charge is -2.15. The first-order chi connectivity index (χ1) is 15.0. The molecule has 0 N–H and O–H groups in total. The summed E-state index contributed by atoms with van der Waals surface area (Å²) in [4.78, 5) is 34.7. The minimum absolute atomic E-state index is 0.215. The molecule has 2 aromatic carbocycles. The Balaban J connectivity index is 1.69. The van der Waals surface area contributed by atoms with Crippen molar-refractivity contribution in [1.29, 1.82) is 0 Å². The Bertz CT molecular complexity index is 1360. The summed E-state index contributed by atoms with van der Waals surface area (Å²) >= 11 is 5.99. The number of methoxy groups -OCH3 is 1. The molecule has 2 aromatic heterocycles. The number of halogens is 1. The number of aromatic nitrogens is 3. The smallest absolute Gasteiger partial charge is 0.316 e. The van der Waals surface area contributed by atoms with Crippen LogP contribution in [0.25, 0.3) is 28.1 Å². The Kier molecular flexibility index (Phi) is 4.59. The second kappa shape index (κ2) is 7.32. The summed E-state index contributed by atoms with van der Waals surface area (Å²) in [5.41, 5.74) is 1.48. The molecule has 0 atom stereocenters. The Morgan fingerprint density at radius 2 is 1.81 bits per heavy atom. The topological polar surface area (TPSA) is 74.1 Å². The molecule has 0 bridgehead atoms. The molecule has 1 fully saturated rings. The zero-order valence-electron chi connectivity index (χ0n) is 16.7. The highest BCUT2D eigenvalue weighted by Crippen LogP contribution is 2.49. The molecule has 0 saturated heterocycles. The molecule has 0 unspecified atom stereocenters. The minimum atomic E-state index is -0.554. The van der Waals surface area contributed by atoms with Crippen LogP contribution in [-0.2, 0) is 14.9 Å².